The number of rotatable bonds is 1. The van der Waals surface area contributed by atoms with Crippen molar-refractivity contribution in [3.63, 3.8) is 0 Å². The largest absolute Gasteiger partial charge is 0.460 e. The Morgan fingerprint density at radius 3 is 2.73 bits per heavy atom. The predicted octanol–water partition coefficient (Wildman–Crippen LogP) is 0.178. The highest BCUT2D eigenvalue weighted by Crippen LogP contribution is 2.39. The fourth-order valence-corrected chi connectivity index (χ4v) is 4.00. The van der Waals surface area contributed by atoms with Gasteiger partial charge in [0, 0.05) is 20.0 Å². The minimum atomic E-state index is -2.23. The standard InChI is InChI=1S/C18H25NO7/c1-10-15(21)25-13-6-8-19-7-5-12(14(13)19)9-24-16(22)17(3,23)18(10,4)26-11(2)20/h5,10,13-14,23H,6-9H2,1-4H3. The van der Waals surface area contributed by atoms with Gasteiger partial charge in [0.25, 0.3) is 0 Å². The third-order valence-corrected chi connectivity index (χ3v) is 5.95. The summed E-state index contributed by atoms with van der Waals surface area (Å²) in [7, 11) is 0. The minimum Gasteiger partial charge on any atom is -0.460 e. The first-order valence-corrected chi connectivity index (χ1v) is 8.80. The molecule has 8 heteroatoms. The molecule has 2 saturated heterocycles. The smallest absolute Gasteiger partial charge is 0.342 e. The molecule has 0 saturated carbocycles. The van der Waals surface area contributed by atoms with Gasteiger partial charge in [-0.15, -0.1) is 0 Å². The molecule has 0 spiro atoms. The average molecular weight is 367 g/mol. The molecule has 8 nitrogen and oxygen atoms in total. The molecule has 1 N–H and O–H groups in total. The summed E-state index contributed by atoms with van der Waals surface area (Å²) in [5.41, 5.74) is -3.21. The second kappa shape index (κ2) is 6.35. The van der Waals surface area contributed by atoms with Crippen LogP contribution in [0.2, 0.25) is 0 Å². The summed E-state index contributed by atoms with van der Waals surface area (Å²) >= 11 is 0. The molecule has 144 valence electrons. The first-order valence-electron chi connectivity index (χ1n) is 8.80. The molecule has 0 radical (unpaired) electrons. The Morgan fingerprint density at radius 1 is 1.38 bits per heavy atom. The average Bonchev–Trinajstić information content (AvgIpc) is 3.13. The van der Waals surface area contributed by atoms with Crippen LogP contribution < -0.4 is 0 Å². The van der Waals surface area contributed by atoms with Gasteiger partial charge in [-0.2, -0.15) is 0 Å². The molecular weight excluding hydrogens is 342 g/mol. The van der Waals surface area contributed by atoms with Crippen LogP contribution >= 0.6 is 0 Å². The Bertz CT molecular complexity index is 670. The van der Waals surface area contributed by atoms with Gasteiger partial charge < -0.3 is 19.3 Å². The van der Waals surface area contributed by atoms with Crippen LogP contribution in [0.15, 0.2) is 11.6 Å². The van der Waals surface area contributed by atoms with Gasteiger partial charge in [-0.1, -0.05) is 6.08 Å². The molecule has 3 aliphatic heterocycles. The number of carbonyl (C=O) groups excluding carboxylic acids is 3. The van der Waals surface area contributed by atoms with E-state index in [4.69, 9.17) is 14.2 Å². The molecule has 3 aliphatic rings. The van der Waals surface area contributed by atoms with E-state index in [-0.39, 0.29) is 18.8 Å². The van der Waals surface area contributed by atoms with E-state index in [2.05, 4.69) is 4.90 Å². The summed E-state index contributed by atoms with van der Waals surface area (Å²) in [4.78, 5) is 39.2. The topological polar surface area (TPSA) is 102 Å². The van der Waals surface area contributed by atoms with Gasteiger partial charge in [-0.3, -0.25) is 14.5 Å². The third kappa shape index (κ3) is 2.81. The lowest BCUT2D eigenvalue weighted by atomic mass is 9.76. The zero-order valence-electron chi connectivity index (χ0n) is 15.5. The quantitative estimate of drug-likeness (QED) is 0.398. The monoisotopic (exact) mass is 367 g/mol. The Hall–Kier alpha value is -1.93. The SMILES string of the molecule is CC(=O)OC1(C)C(C)C(=O)OC2CCN3CC=C(COC(=O)C1(C)O)C23. The summed E-state index contributed by atoms with van der Waals surface area (Å²) < 4.78 is 16.3. The van der Waals surface area contributed by atoms with E-state index < -0.39 is 35.0 Å². The van der Waals surface area contributed by atoms with Crippen molar-refractivity contribution < 1.29 is 33.7 Å². The highest BCUT2D eigenvalue weighted by molar-refractivity contribution is 5.84. The van der Waals surface area contributed by atoms with Crippen molar-refractivity contribution in [2.24, 2.45) is 5.92 Å². The number of hydrogen-bond donors (Lipinski definition) is 1. The van der Waals surface area contributed by atoms with Gasteiger partial charge in [0.2, 0.25) is 0 Å². The van der Waals surface area contributed by atoms with Crippen LogP contribution in [0.4, 0.5) is 0 Å². The van der Waals surface area contributed by atoms with Crippen molar-refractivity contribution in [2.75, 3.05) is 19.7 Å². The van der Waals surface area contributed by atoms with E-state index in [9.17, 15) is 19.5 Å². The number of cyclic esters (lactones) is 1. The molecule has 26 heavy (non-hydrogen) atoms. The number of aliphatic hydroxyl groups is 1. The fraction of sp³-hybridized carbons (Fsp3) is 0.722. The zero-order chi connectivity index (χ0) is 19.3. The first-order chi connectivity index (χ1) is 12.1. The zero-order valence-corrected chi connectivity index (χ0v) is 15.5. The van der Waals surface area contributed by atoms with Crippen molar-refractivity contribution in [3.8, 4) is 0 Å². The highest BCUT2D eigenvalue weighted by Gasteiger charge is 2.59. The van der Waals surface area contributed by atoms with Gasteiger partial charge in [-0.05, 0) is 32.8 Å². The van der Waals surface area contributed by atoms with Crippen molar-refractivity contribution in [1.82, 2.24) is 4.90 Å². The van der Waals surface area contributed by atoms with Crippen molar-refractivity contribution >= 4 is 17.9 Å². The number of carbonyl (C=O) groups is 3. The lowest BCUT2D eigenvalue weighted by Crippen LogP contribution is -2.63. The summed E-state index contributed by atoms with van der Waals surface area (Å²) in [6.45, 7) is 6.65. The van der Waals surface area contributed by atoms with Gasteiger partial charge in [0.05, 0.1) is 12.0 Å². The van der Waals surface area contributed by atoms with Crippen LogP contribution in [-0.2, 0) is 28.6 Å². The van der Waals surface area contributed by atoms with Gasteiger partial charge in [0.15, 0.2) is 11.2 Å². The van der Waals surface area contributed by atoms with E-state index in [1.165, 1.54) is 20.8 Å². The number of ether oxygens (including phenoxy) is 3. The Morgan fingerprint density at radius 2 is 2.08 bits per heavy atom. The second-order valence-corrected chi connectivity index (χ2v) is 7.55. The molecule has 5 unspecified atom stereocenters. The normalized spacial score (nSPS) is 40.8. The molecule has 0 amide bonds. The van der Waals surface area contributed by atoms with E-state index in [0.29, 0.717) is 13.0 Å². The molecule has 0 aliphatic carbocycles. The fourth-order valence-electron chi connectivity index (χ4n) is 4.00. The summed E-state index contributed by atoms with van der Waals surface area (Å²) in [6, 6.07) is -0.123. The number of nitrogens with zero attached hydrogens (tertiary/aromatic N) is 1. The van der Waals surface area contributed by atoms with Crippen LogP contribution in [0.3, 0.4) is 0 Å². The number of esters is 3. The van der Waals surface area contributed by atoms with Crippen molar-refractivity contribution in [3.05, 3.63) is 11.6 Å². The molecule has 0 aromatic heterocycles. The molecule has 2 fully saturated rings. The van der Waals surface area contributed by atoms with Crippen LogP contribution in [0.25, 0.3) is 0 Å². The van der Waals surface area contributed by atoms with Gasteiger partial charge in [-0.25, -0.2) is 4.79 Å². The van der Waals surface area contributed by atoms with E-state index in [1.807, 2.05) is 6.08 Å². The summed E-state index contributed by atoms with van der Waals surface area (Å²) in [6.07, 6.45) is 2.27. The van der Waals surface area contributed by atoms with Gasteiger partial charge >= 0.3 is 17.9 Å². The third-order valence-electron chi connectivity index (χ3n) is 5.95. The molecule has 0 aromatic rings. The molecule has 0 bridgehead atoms. The van der Waals surface area contributed by atoms with Crippen molar-refractivity contribution in [1.29, 1.82) is 0 Å². The maximum absolute atomic E-state index is 12.8. The molecule has 5 atom stereocenters. The van der Waals surface area contributed by atoms with Crippen LogP contribution in [0.1, 0.15) is 34.1 Å². The van der Waals surface area contributed by atoms with E-state index in [0.717, 1.165) is 19.0 Å². The Balaban J connectivity index is 2.01. The lowest BCUT2D eigenvalue weighted by Gasteiger charge is -2.42. The first kappa shape index (κ1) is 18.8. The van der Waals surface area contributed by atoms with Crippen LogP contribution in [0, 0.1) is 5.92 Å². The Labute approximate surface area is 152 Å². The lowest BCUT2D eigenvalue weighted by molar-refractivity contribution is -0.218. The maximum Gasteiger partial charge on any atom is 0.342 e. The molecular formula is C18H25NO7. The highest BCUT2D eigenvalue weighted by atomic mass is 16.6. The molecule has 3 rings (SSSR count). The van der Waals surface area contributed by atoms with E-state index in [1.54, 1.807) is 0 Å². The molecule has 3 heterocycles. The maximum atomic E-state index is 12.8. The van der Waals surface area contributed by atoms with E-state index >= 15 is 0 Å². The molecule has 0 aromatic carbocycles. The van der Waals surface area contributed by atoms with Crippen molar-refractivity contribution in [2.45, 2.75) is 57.5 Å². The minimum absolute atomic E-state index is 0.00523. The predicted molar refractivity (Wildman–Crippen MR) is 88.9 cm³/mol. The van der Waals surface area contributed by atoms with Gasteiger partial charge in [0.1, 0.15) is 12.7 Å². The Kier molecular flexibility index (Phi) is 4.60. The summed E-state index contributed by atoms with van der Waals surface area (Å²) in [5, 5.41) is 10.9. The van der Waals surface area contributed by atoms with Crippen LogP contribution in [0.5, 0.6) is 0 Å². The van der Waals surface area contributed by atoms with Crippen LogP contribution in [-0.4, -0.2) is 71.0 Å². The number of hydrogen-bond acceptors (Lipinski definition) is 8. The summed E-state index contributed by atoms with van der Waals surface area (Å²) in [5.74, 6) is -3.37. The second-order valence-electron chi connectivity index (χ2n) is 7.55.